The van der Waals surface area contributed by atoms with Crippen molar-refractivity contribution in [3.8, 4) is 17.1 Å². The Kier molecular flexibility index (Phi) is 5.56. The molecule has 0 saturated heterocycles. The summed E-state index contributed by atoms with van der Waals surface area (Å²) in [5.74, 6) is 0.495. The molecule has 3 aromatic rings. The Morgan fingerprint density at radius 1 is 1.15 bits per heavy atom. The van der Waals surface area contributed by atoms with Crippen molar-refractivity contribution in [1.82, 2.24) is 14.8 Å². The molecule has 0 aliphatic rings. The summed E-state index contributed by atoms with van der Waals surface area (Å²) in [5, 5.41) is 8.89. The van der Waals surface area contributed by atoms with Gasteiger partial charge in [0.2, 0.25) is 0 Å². The van der Waals surface area contributed by atoms with Gasteiger partial charge in [-0.15, -0.1) is 10.2 Å². The van der Waals surface area contributed by atoms with Crippen molar-refractivity contribution in [3.63, 3.8) is 0 Å². The molecule has 136 valence electrons. The highest BCUT2D eigenvalue weighted by Gasteiger charge is 2.20. The molecule has 1 heterocycles. The van der Waals surface area contributed by atoms with Crippen LogP contribution in [0.3, 0.4) is 0 Å². The van der Waals surface area contributed by atoms with E-state index in [0.29, 0.717) is 28.8 Å². The number of nitrogens with zero attached hydrogens (tertiary/aromatic N) is 3. The molecule has 0 N–H and O–H groups in total. The monoisotopic (exact) mass is 375 g/mol. The molecule has 0 amide bonds. The largest absolute Gasteiger partial charge is 0.496 e. The van der Waals surface area contributed by atoms with Gasteiger partial charge < -0.3 is 9.30 Å². The number of aromatic nitrogens is 3. The maximum atomic E-state index is 14.0. The van der Waals surface area contributed by atoms with E-state index < -0.39 is 11.6 Å². The second-order valence-corrected chi connectivity index (χ2v) is 6.98. The second kappa shape index (κ2) is 7.86. The Bertz CT molecular complexity index is 914. The number of rotatable bonds is 6. The van der Waals surface area contributed by atoms with Crippen LogP contribution in [0, 0.1) is 11.6 Å². The fourth-order valence-electron chi connectivity index (χ4n) is 2.74. The first kappa shape index (κ1) is 18.4. The molecule has 0 spiro atoms. The van der Waals surface area contributed by atoms with E-state index >= 15 is 0 Å². The predicted molar refractivity (Wildman–Crippen MR) is 98.3 cm³/mol. The SMILES string of the molecule is CCn1c(SC(C)c2cc(F)ccc2F)nnc1-c1ccccc1OC. The smallest absolute Gasteiger partial charge is 0.192 e. The summed E-state index contributed by atoms with van der Waals surface area (Å²) >= 11 is 1.34. The molecule has 0 radical (unpaired) electrons. The maximum absolute atomic E-state index is 14.0. The molecule has 7 heteroatoms. The van der Waals surface area contributed by atoms with Crippen LogP contribution in [0.25, 0.3) is 11.4 Å². The van der Waals surface area contributed by atoms with Gasteiger partial charge in [0.15, 0.2) is 11.0 Å². The van der Waals surface area contributed by atoms with Crippen LogP contribution in [-0.4, -0.2) is 21.9 Å². The van der Waals surface area contributed by atoms with Crippen molar-refractivity contribution in [3.05, 3.63) is 59.7 Å². The molecule has 1 unspecified atom stereocenters. The summed E-state index contributed by atoms with van der Waals surface area (Å²) in [7, 11) is 1.61. The van der Waals surface area contributed by atoms with Crippen LogP contribution in [0.2, 0.25) is 0 Å². The number of ether oxygens (including phenoxy) is 1. The number of hydrogen-bond acceptors (Lipinski definition) is 4. The first-order valence-electron chi connectivity index (χ1n) is 8.23. The highest BCUT2D eigenvalue weighted by Crippen LogP contribution is 2.37. The van der Waals surface area contributed by atoms with Crippen molar-refractivity contribution in [1.29, 1.82) is 0 Å². The fourth-order valence-corrected chi connectivity index (χ4v) is 3.79. The van der Waals surface area contributed by atoms with E-state index in [2.05, 4.69) is 10.2 Å². The van der Waals surface area contributed by atoms with Crippen LogP contribution in [-0.2, 0) is 6.54 Å². The number of para-hydroxylation sites is 1. The Hall–Kier alpha value is -2.41. The lowest BCUT2D eigenvalue weighted by atomic mass is 10.1. The molecule has 1 aromatic heterocycles. The van der Waals surface area contributed by atoms with Gasteiger partial charge in [0.25, 0.3) is 0 Å². The molecule has 0 saturated carbocycles. The van der Waals surface area contributed by atoms with E-state index in [0.717, 1.165) is 17.7 Å². The minimum Gasteiger partial charge on any atom is -0.496 e. The minimum atomic E-state index is -0.458. The van der Waals surface area contributed by atoms with Gasteiger partial charge in [0.05, 0.1) is 12.7 Å². The van der Waals surface area contributed by atoms with Gasteiger partial charge in [-0.2, -0.15) is 0 Å². The summed E-state index contributed by atoms with van der Waals surface area (Å²) in [6, 6.07) is 11.1. The van der Waals surface area contributed by atoms with Crippen molar-refractivity contribution in [2.45, 2.75) is 30.8 Å². The first-order valence-corrected chi connectivity index (χ1v) is 9.11. The van der Waals surface area contributed by atoms with Crippen LogP contribution in [0.15, 0.2) is 47.6 Å². The molecule has 3 rings (SSSR count). The Labute approximate surface area is 155 Å². The summed E-state index contributed by atoms with van der Waals surface area (Å²) in [6.45, 7) is 4.45. The van der Waals surface area contributed by atoms with Crippen molar-refractivity contribution < 1.29 is 13.5 Å². The average molecular weight is 375 g/mol. The van der Waals surface area contributed by atoms with Crippen molar-refractivity contribution in [2.75, 3.05) is 7.11 Å². The van der Waals surface area contributed by atoms with Crippen LogP contribution < -0.4 is 4.74 Å². The van der Waals surface area contributed by atoms with E-state index in [9.17, 15) is 8.78 Å². The molecule has 4 nitrogen and oxygen atoms in total. The van der Waals surface area contributed by atoms with Gasteiger partial charge in [-0.25, -0.2) is 8.78 Å². The Morgan fingerprint density at radius 3 is 2.65 bits per heavy atom. The molecule has 0 bridgehead atoms. The summed E-state index contributed by atoms with van der Waals surface area (Å²) in [4.78, 5) is 0. The fraction of sp³-hybridized carbons (Fsp3) is 0.263. The summed E-state index contributed by atoms with van der Waals surface area (Å²) in [5.41, 5.74) is 1.14. The number of benzene rings is 2. The number of halogens is 2. The maximum Gasteiger partial charge on any atom is 0.192 e. The average Bonchev–Trinajstić information content (AvgIpc) is 3.05. The van der Waals surface area contributed by atoms with Crippen LogP contribution >= 0.6 is 11.8 Å². The van der Waals surface area contributed by atoms with Crippen molar-refractivity contribution in [2.24, 2.45) is 0 Å². The third-order valence-electron chi connectivity index (χ3n) is 4.06. The Morgan fingerprint density at radius 2 is 1.92 bits per heavy atom. The molecule has 0 aliphatic heterocycles. The highest BCUT2D eigenvalue weighted by molar-refractivity contribution is 7.99. The molecule has 0 aliphatic carbocycles. The van der Waals surface area contributed by atoms with Crippen molar-refractivity contribution >= 4 is 11.8 Å². The zero-order chi connectivity index (χ0) is 18.7. The zero-order valence-corrected chi connectivity index (χ0v) is 15.6. The number of hydrogen-bond donors (Lipinski definition) is 0. The van der Waals surface area contributed by atoms with Gasteiger partial charge in [0, 0.05) is 17.4 Å². The third kappa shape index (κ3) is 3.58. The lowest BCUT2D eigenvalue weighted by Crippen LogP contribution is -2.02. The molecule has 2 aromatic carbocycles. The Balaban J connectivity index is 1.95. The third-order valence-corrected chi connectivity index (χ3v) is 5.18. The number of thioether (sulfide) groups is 1. The normalized spacial score (nSPS) is 12.2. The molecule has 1 atom stereocenters. The van der Waals surface area contributed by atoms with Gasteiger partial charge in [-0.05, 0) is 44.2 Å². The van der Waals surface area contributed by atoms with E-state index in [4.69, 9.17) is 4.74 Å². The molecule has 26 heavy (non-hydrogen) atoms. The topological polar surface area (TPSA) is 39.9 Å². The predicted octanol–water partition coefficient (Wildman–Crippen LogP) is 5.11. The van der Waals surface area contributed by atoms with Crippen LogP contribution in [0.5, 0.6) is 5.75 Å². The quantitative estimate of drug-likeness (QED) is 0.562. The second-order valence-electron chi connectivity index (χ2n) is 5.68. The van der Waals surface area contributed by atoms with Crippen LogP contribution in [0.4, 0.5) is 8.78 Å². The van der Waals surface area contributed by atoms with E-state index in [1.807, 2.05) is 42.7 Å². The van der Waals surface area contributed by atoms with E-state index in [1.54, 1.807) is 7.11 Å². The molecular weight excluding hydrogens is 356 g/mol. The zero-order valence-electron chi connectivity index (χ0n) is 14.7. The van der Waals surface area contributed by atoms with E-state index in [-0.39, 0.29) is 5.25 Å². The standard InChI is InChI=1S/C19H19F2N3OS/c1-4-24-18(14-7-5-6-8-17(14)25-3)22-23-19(24)26-12(2)15-11-13(20)9-10-16(15)21/h5-12H,4H2,1-3H3. The minimum absolute atomic E-state index is 0.305. The van der Waals surface area contributed by atoms with Gasteiger partial charge in [0.1, 0.15) is 17.4 Å². The number of methoxy groups -OCH3 is 1. The summed E-state index contributed by atoms with van der Waals surface area (Å²) in [6.07, 6.45) is 0. The lowest BCUT2D eigenvalue weighted by Gasteiger charge is -2.14. The van der Waals surface area contributed by atoms with E-state index in [1.165, 1.54) is 17.8 Å². The summed E-state index contributed by atoms with van der Waals surface area (Å²) < 4.78 is 34.9. The first-order chi connectivity index (χ1) is 12.5. The van der Waals surface area contributed by atoms with Gasteiger partial charge in [-0.3, -0.25) is 0 Å². The van der Waals surface area contributed by atoms with Gasteiger partial charge >= 0.3 is 0 Å². The van der Waals surface area contributed by atoms with Gasteiger partial charge in [-0.1, -0.05) is 23.9 Å². The lowest BCUT2D eigenvalue weighted by molar-refractivity contribution is 0.416. The molecular formula is C19H19F2N3OS. The van der Waals surface area contributed by atoms with Crippen LogP contribution in [0.1, 0.15) is 24.7 Å². The molecule has 0 fully saturated rings. The highest BCUT2D eigenvalue weighted by atomic mass is 32.2.